The zero-order valence-corrected chi connectivity index (χ0v) is 12.6. The second-order valence-electron chi connectivity index (χ2n) is 6.05. The van der Waals surface area contributed by atoms with Crippen LogP contribution < -0.4 is 5.32 Å². The molecular formula is C16H24N2S. The Hall–Kier alpha value is -0.510. The maximum absolute atomic E-state index is 3.65. The third-order valence-corrected chi connectivity index (χ3v) is 5.84. The Kier molecular flexibility index (Phi) is 4.15. The minimum absolute atomic E-state index is 0.499. The quantitative estimate of drug-likeness (QED) is 0.914. The average Bonchev–Trinajstić information content (AvgIpc) is 2.86. The SMILES string of the molecule is CC1(CN2CCNC(c3ccccc3)C2)CCCS1. The van der Waals surface area contributed by atoms with Crippen LogP contribution in [0.5, 0.6) is 0 Å². The molecule has 0 aliphatic carbocycles. The first-order chi connectivity index (χ1) is 9.25. The molecule has 1 aromatic carbocycles. The molecule has 2 saturated heterocycles. The highest BCUT2D eigenvalue weighted by molar-refractivity contribution is 8.00. The van der Waals surface area contributed by atoms with E-state index in [0.29, 0.717) is 10.8 Å². The lowest BCUT2D eigenvalue weighted by atomic mass is 10.0. The Labute approximate surface area is 121 Å². The van der Waals surface area contributed by atoms with Gasteiger partial charge in [-0.15, -0.1) is 0 Å². The van der Waals surface area contributed by atoms with E-state index in [9.17, 15) is 0 Å². The molecule has 1 N–H and O–H groups in total. The summed E-state index contributed by atoms with van der Waals surface area (Å²) in [6, 6.07) is 11.4. The van der Waals surface area contributed by atoms with Gasteiger partial charge in [0.2, 0.25) is 0 Å². The van der Waals surface area contributed by atoms with Crippen molar-refractivity contribution in [1.82, 2.24) is 10.2 Å². The van der Waals surface area contributed by atoms with E-state index in [1.54, 1.807) is 0 Å². The molecule has 2 aliphatic heterocycles. The van der Waals surface area contributed by atoms with Gasteiger partial charge in [0.1, 0.15) is 0 Å². The van der Waals surface area contributed by atoms with Gasteiger partial charge in [-0.3, -0.25) is 4.90 Å². The molecule has 2 unspecified atom stereocenters. The van der Waals surface area contributed by atoms with Crippen molar-refractivity contribution in [3.63, 3.8) is 0 Å². The molecule has 2 fully saturated rings. The first-order valence-corrected chi connectivity index (χ1v) is 8.38. The molecule has 3 heteroatoms. The van der Waals surface area contributed by atoms with E-state index in [1.165, 1.54) is 37.2 Å². The zero-order chi connectivity index (χ0) is 13.1. The largest absolute Gasteiger partial charge is 0.308 e. The molecule has 3 rings (SSSR count). The summed E-state index contributed by atoms with van der Waals surface area (Å²) >= 11 is 2.17. The van der Waals surface area contributed by atoms with Crippen LogP contribution in [0.15, 0.2) is 30.3 Å². The number of benzene rings is 1. The highest BCUT2D eigenvalue weighted by Gasteiger charge is 2.33. The first kappa shape index (κ1) is 13.5. The van der Waals surface area contributed by atoms with Crippen LogP contribution in [0.25, 0.3) is 0 Å². The molecule has 2 heterocycles. The van der Waals surface area contributed by atoms with E-state index in [-0.39, 0.29) is 0 Å². The van der Waals surface area contributed by atoms with E-state index in [2.05, 4.69) is 59.2 Å². The van der Waals surface area contributed by atoms with Crippen LogP contribution in [0.4, 0.5) is 0 Å². The lowest BCUT2D eigenvalue weighted by Gasteiger charge is -2.38. The molecule has 104 valence electrons. The normalized spacial score (nSPS) is 32.6. The third kappa shape index (κ3) is 3.33. The molecule has 2 aliphatic rings. The average molecular weight is 276 g/mol. The minimum atomic E-state index is 0.499. The molecule has 19 heavy (non-hydrogen) atoms. The number of nitrogens with zero attached hydrogens (tertiary/aromatic N) is 1. The Morgan fingerprint density at radius 1 is 1.37 bits per heavy atom. The topological polar surface area (TPSA) is 15.3 Å². The Balaban J connectivity index is 1.62. The van der Waals surface area contributed by atoms with Gasteiger partial charge in [0.05, 0.1) is 0 Å². The van der Waals surface area contributed by atoms with Crippen molar-refractivity contribution in [2.24, 2.45) is 0 Å². The van der Waals surface area contributed by atoms with Crippen molar-refractivity contribution in [2.45, 2.75) is 30.6 Å². The van der Waals surface area contributed by atoms with Crippen molar-refractivity contribution in [1.29, 1.82) is 0 Å². The maximum Gasteiger partial charge on any atom is 0.0449 e. The van der Waals surface area contributed by atoms with Gasteiger partial charge in [-0.2, -0.15) is 11.8 Å². The molecular weight excluding hydrogens is 252 g/mol. The van der Waals surface area contributed by atoms with Crippen molar-refractivity contribution < 1.29 is 0 Å². The summed E-state index contributed by atoms with van der Waals surface area (Å²) in [4.78, 5) is 2.66. The number of piperazine rings is 1. The molecule has 0 amide bonds. The summed E-state index contributed by atoms with van der Waals surface area (Å²) in [7, 11) is 0. The van der Waals surface area contributed by atoms with E-state index in [4.69, 9.17) is 0 Å². The van der Waals surface area contributed by atoms with Gasteiger partial charge in [-0.1, -0.05) is 30.3 Å². The van der Waals surface area contributed by atoms with Gasteiger partial charge in [0.25, 0.3) is 0 Å². The summed E-state index contributed by atoms with van der Waals surface area (Å²) in [5.41, 5.74) is 1.43. The summed E-state index contributed by atoms with van der Waals surface area (Å²) in [5, 5.41) is 3.65. The number of rotatable bonds is 3. The van der Waals surface area contributed by atoms with E-state index in [0.717, 1.165) is 13.1 Å². The molecule has 0 aromatic heterocycles. The standard InChI is InChI=1S/C16H24N2S/c1-16(8-5-11-19-16)13-18-10-9-17-15(12-18)14-6-3-2-4-7-14/h2-4,6-7,15,17H,5,8-13H2,1H3. The molecule has 0 bridgehead atoms. The highest BCUT2D eigenvalue weighted by Crippen LogP contribution is 2.38. The van der Waals surface area contributed by atoms with Gasteiger partial charge in [0, 0.05) is 37.0 Å². The molecule has 0 radical (unpaired) electrons. The summed E-state index contributed by atoms with van der Waals surface area (Å²) in [5.74, 6) is 1.35. The second kappa shape index (κ2) is 5.86. The molecule has 0 spiro atoms. The van der Waals surface area contributed by atoms with E-state index < -0.39 is 0 Å². The lowest BCUT2D eigenvalue weighted by molar-refractivity contribution is 0.185. The number of nitrogens with one attached hydrogen (secondary N) is 1. The fourth-order valence-electron chi connectivity index (χ4n) is 3.30. The van der Waals surface area contributed by atoms with Crippen molar-refractivity contribution >= 4 is 11.8 Å². The van der Waals surface area contributed by atoms with E-state index in [1.807, 2.05) is 0 Å². The van der Waals surface area contributed by atoms with Gasteiger partial charge < -0.3 is 5.32 Å². The predicted octanol–water partition coefficient (Wildman–Crippen LogP) is 2.92. The second-order valence-corrected chi connectivity index (χ2v) is 7.74. The van der Waals surface area contributed by atoms with Crippen molar-refractivity contribution in [2.75, 3.05) is 31.9 Å². The predicted molar refractivity (Wildman–Crippen MR) is 83.7 cm³/mol. The summed E-state index contributed by atoms with van der Waals surface area (Å²) in [6.45, 7) is 7.16. The number of hydrogen-bond acceptors (Lipinski definition) is 3. The van der Waals surface area contributed by atoms with Gasteiger partial charge >= 0.3 is 0 Å². The fourth-order valence-corrected chi connectivity index (χ4v) is 4.64. The Morgan fingerprint density at radius 2 is 2.21 bits per heavy atom. The van der Waals surface area contributed by atoms with Crippen LogP contribution in [-0.2, 0) is 0 Å². The smallest absolute Gasteiger partial charge is 0.0449 e. The molecule has 2 atom stereocenters. The molecule has 0 saturated carbocycles. The number of thioether (sulfide) groups is 1. The van der Waals surface area contributed by atoms with Crippen LogP contribution in [0.1, 0.15) is 31.4 Å². The summed E-state index contributed by atoms with van der Waals surface area (Å²) in [6.07, 6.45) is 2.78. The van der Waals surface area contributed by atoms with E-state index >= 15 is 0 Å². The highest BCUT2D eigenvalue weighted by atomic mass is 32.2. The van der Waals surface area contributed by atoms with Crippen molar-refractivity contribution in [3.8, 4) is 0 Å². The zero-order valence-electron chi connectivity index (χ0n) is 11.8. The van der Waals surface area contributed by atoms with Crippen molar-refractivity contribution in [3.05, 3.63) is 35.9 Å². The van der Waals surface area contributed by atoms with Gasteiger partial charge in [0.15, 0.2) is 0 Å². The van der Waals surface area contributed by atoms with Crippen LogP contribution in [-0.4, -0.2) is 41.6 Å². The van der Waals surface area contributed by atoms with Crippen LogP contribution in [0.3, 0.4) is 0 Å². The fraction of sp³-hybridized carbons (Fsp3) is 0.625. The monoisotopic (exact) mass is 276 g/mol. The summed E-state index contributed by atoms with van der Waals surface area (Å²) < 4.78 is 0.499. The number of hydrogen-bond donors (Lipinski definition) is 1. The molecule has 1 aromatic rings. The lowest BCUT2D eigenvalue weighted by Crippen LogP contribution is -2.49. The van der Waals surface area contributed by atoms with Crippen LogP contribution >= 0.6 is 11.8 Å². The Bertz CT molecular complexity index is 400. The molecule has 2 nitrogen and oxygen atoms in total. The van der Waals surface area contributed by atoms with Crippen LogP contribution in [0, 0.1) is 0 Å². The van der Waals surface area contributed by atoms with Gasteiger partial charge in [-0.05, 0) is 31.1 Å². The Morgan fingerprint density at radius 3 is 2.95 bits per heavy atom. The van der Waals surface area contributed by atoms with Gasteiger partial charge in [-0.25, -0.2) is 0 Å². The minimum Gasteiger partial charge on any atom is -0.308 e. The maximum atomic E-state index is 3.65. The first-order valence-electron chi connectivity index (χ1n) is 7.40. The third-order valence-electron chi connectivity index (χ3n) is 4.32. The van der Waals surface area contributed by atoms with Crippen LogP contribution in [0.2, 0.25) is 0 Å².